The van der Waals surface area contributed by atoms with E-state index in [0.29, 0.717) is 47.6 Å². The van der Waals surface area contributed by atoms with Crippen LogP contribution >= 0.6 is 35.0 Å². The first kappa shape index (κ1) is 26.6. The smallest absolute Gasteiger partial charge is 0.242 e. The summed E-state index contributed by atoms with van der Waals surface area (Å²) in [6.45, 7) is 7.15. The van der Waals surface area contributed by atoms with Gasteiger partial charge in [-0.1, -0.05) is 80.4 Å². The van der Waals surface area contributed by atoms with Crippen molar-refractivity contribution in [2.24, 2.45) is 5.92 Å². The van der Waals surface area contributed by atoms with Gasteiger partial charge in [0.05, 0.1) is 5.75 Å². The first-order valence-electron chi connectivity index (χ1n) is 10.9. The minimum Gasteiger partial charge on any atom is -0.354 e. The fourth-order valence-electron chi connectivity index (χ4n) is 3.29. The summed E-state index contributed by atoms with van der Waals surface area (Å²) < 4.78 is 0. The summed E-state index contributed by atoms with van der Waals surface area (Å²) in [7, 11) is 0. The number of hydrogen-bond donors (Lipinski definition) is 1. The molecule has 0 fully saturated rings. The molecule has 0 aliphatic rings. The Bertz CT molecular complexity index is 878. The Morgan fingerprint density at radius 2 is 1.81 bits per heavy atom. The molecule has 2 aromatic carbocycles. The van der Waals surface area contributed by atoms with Crippen LogP contribution in [0.1, 0.15) is 38.3 Å². The molecule has 0 bridgehead atoms. The summed E-state index contributed by atoms with van der Waals surface area (Å²) in [4.78, 5) is 27.8. The average Bonchev–Trinajstić information content (AvgIpc) is 2.77. The van der Waals surface area contributed by atoms with Crippen molar-refractivity contribution in [2.45, 2.75) is 45.4 Å². The third-order valence-electron chi connectivity index (χ3n) is 5.05. The van der Waals surface area contributed by atoms with Crippen LogP contribution in [0.15, 0.2) is 48.5 Å². The second-order valence-corrected chi connectivity index (χ2v) is 9.94. The first-order chi connectivity index (χ1) is 15.3. The molecule has 174 valence electrons. The summed E-state index contributed by atoms with van der Waals surface area (Å²) in [5.41, 5.74) is 2.08. The SMILES string of the molecule is CC[C@@H](C(=O)NCC(C)C)N(CCc1ccccc1)C(=O)CSCc1ccc(Cl)cc1Cl. The van der Waals surface area contributed by atoms with Crippen molar-refractivity contribution in [1.82, 2.24) is 10.2 Å². The Morgan fingerprint density at radius 3 is 2.44 bits per heavy atom. The van der Waals surface area contributed by atoms with Gasteiger partial charge in [-0.3, -0.25) is 9.59 Å². The lowest BCUT2D eigenvalue weighted by Crippen LogP contribution is -2.51. The first-order valence-corrected chi connectivity index (χ1v) is 12.9. The van der Waals surface area contributed by atoms with Gasteiger partial charge in [-0.2, -0.15) is 0 Å². The van der Waals surface area contributed by atoms with E-state index in [-0.39, 0.29) is 17.6 Å². The number of hydrogen-bond acceptors (Lipinski definition) is 3. The molecule has 2 rings (SSSR count). The lowest BCUT2D eigenvalue weighted by atomic mass is 10.1. The average molecular weight is 496 g/mol. The maximum Gasteiger partial charge on any atom is 0.242 e. The van der Waals surface area contributed by atoms with Gasteiger partial charge in [-0.05, 0) is 42.0 Å². The highest BCUT2D eigenvalue weighted by molar-refractivity contribution is 7.99. The molecule has 7 heteroatoms. The number of rotatable bonds is 12. The van der Waals surface area contributed by atoms with Crippen molar-refractivity contribution in [1.29, 1.82) is 0 Å². The van der Waals surface area contributed by atoms with Crippen molar-refractivity contribution in [3.8, 4) is 0 Å². The summed E-state index contributed by atoms with van der Waals surface area (Å²) in [6.07, 6.45) is 1.27. The zero-order valence-corrected chi connectivity index (χ0v) is 21.3. The number of benzene rings is 2. The predicted molar refractivity (Wildman–Crippen MR) is 136 cm³/mol. The quantitative estimate of drug-likeness (QED) is 0.402. The molecule has 0 unspecified atom stereocenters. The van der Waals surface area contributed by atoms with E-state index in [9.17, 15) is 9.59 Å². The lowest BCUT2D eigenvalue weighted by molar-refractivity contribution is -0.138. The van der Waals surface area contributed by atoms with Crippen LogP contribution in [0.4, 0.5) is 0 Å². The number of carbonyl (C=O) groups is 2. The second kappa shape index (κ2) is 13.8. The van der Waals surface area contributed by atoms with E-state index >= 15 is 0 Å². The molecule has 32 heavy (non-hydrogen) atoms. The molecule has 4 nitrogen and oxygen atoms in total. The van der Waals surface area contributed by atoms with Gasteiger partial charge >= 0.3 is 0 Å². The summed E-state index contributed by atoms with van der Waals surface area (Å²) in [5, 5.41) is 4.18. The molecule has 0 saturated carbocycles. The number of carbonyl (C=O) groups excluding carboxylic acids is 2. The molecule has 2 amide bonds. The van der Waals surface area contributed by atoms with Gasteiger partial charge in [-0.15, -0.1) is 11.8 Å². The van der Waals surface area contributed by atoms with Gasteiger partial charge in [-0.25, -0.2) is 0 Å². The number of thioether (sulfide) groups is 1. The molecule has 0 spiro atoms. The Kier molecular flexibility index (Phi) is 11.4. The minimum absolute atomic E-state index is 0.0393. The van der Waals surface area contributed by atoms with Crippen LogP contribution in [-0.2, 0) is 21.8 Å². The van der Waals surface area contributed by atoms with Gasteiger partial charge in [0.2, 0.25) is 11.8 Å². The second-order valence-electron chi connectivity index (χ2n) is 8.11. The molecule has 1 N–H and O–H groups in total. The van der Waals surface area contributed by atoms with E-state index in [1.165, 1.54) is 11.8 Å². The van der Waals surface area contributed by atoms with E-state index in [1.54, 1.807) is 17.0 Å². The van der Waals surface area contributed by atoms with Crippen LogP contribution in [0.5, 0.6) is 0 Å². The zero-order valence-electron chi connectivity index (χ0n) is 18.9. The molecule has 0 radical (unpaired) electrons. The van der Waals surface area contributed by atoms with E-state index in [1.807, 2.05) is 43.3 Å². The fraction of sp³-hybridized carbons (Fsp3) is 0.440. The number of amides is 2. The van der Waals surface area contributed by atoms with Crippen molar-refractivity contribution in [2.75, 3.05) is 18.8 Å². The van der Waals surface area contributed by atoms with Crippen LogP contribution in [0, 0.1) is 5.92 Å². The molecule has 0 aliphatic carbocycles. The molecule has 2 aromatic rings. The molecular weight excluding hydrogens is 463 g/mol. The van der Waals surface area contributed by atoms with E-state index in [0.717, 1.165) is 11.1 Å². The highest BCUT2D eigenvalue weighted by Gasteiger charge is 2.28. The largest absolute Gasteiger partial charge is 0.354 e. The van der Waals surface area contributed by atoms with Crippen molar-refractivity contribution in [3.05, 3.63) is 69.7 Å². The van der Waals surface area contributed by atoms with E-state index < -0.39 is 6.04 Å². The van der Waals surface area contributed by atoms with Gasteiger partial charge in [0, 0.05) is 28.9 Å². The molecule has 0 saturated heterocycles. The number of nitrogens with one attached hydrogen (secondary N) is 1. The van der Waals surface area contributed by atoms with Gasteiger partial charge < -0.3 is 10.2 Å². The third-order valence-corrected chi connectivity index (χ3v) is 6.61. The molecule has 0 aliphatic heterocycles. The topological polar surface area (TPSA) is 49.4 Å². The molecule has 0 aromatic heterocycles. The number of halogens is 2. The number of nitrogens with zero attached hydrogens (tertiary/aromatic N) is 1. The van der Waals surface area contributed by atoms with Crippen LogP contribution < -0.4 is 5.32 Å². The van der Waals surface area contributed by atoms with Crippen LogP contribution in [0.3, 0.4) is 0 Å². The maximum atomic E-state index is 13.2. The zero-order chi connectivity index (χ0) is 23.5. The highest BCUT2D eigenvalue weighted by atomic mass is 35.5. The van der Waals surface area contributed by atoms with E-state index in [4.69, 9.17) is 23.2 Å². The van der Waals surface area contributed by atoms with Crippen molar-refractivity contribution >= 4 is 46.8 Å². The van der Waals surface area contributed by atoms with Crippen LogP contribution in [0.25, 0.3) is 0 Å². The van der Waals surface area contributed by atoms with E-state index in [2.05, 4.69) is 19.2 Å². The van der Waals surface area contributed by atoms with Crippen LogP contribution in [-0.4, -0.2) is 41.6 Å². The van der Waals surface area contributed by atoms with Gasteiger partial charge in [0.1, 0.15) is 6.04 Å². The molecule has 0 heterocycles. The Hall–Kier alpha value is -1.69. The summed E-state index contributed by atoms with van der Waals surface area (Å²) in [5.74, 6) is 1.10. The highest BCUT2D eigenvalue weighted by Crippen LogP contribution is 2.25. The summed E-state index contributed by atoms with van der Waals surface area (Å²) in [6, 6.07) is 14.9. The monoisotopic (exact) mass is 494 g/mol. The minimum atomic E-state index is -0.482. The van der Waals surface area contributed by atoms with Crippen molar-refractivity contribution < 1.29 is 9.59 Å². The molecular formula is C25H32Cl2N2O2S. The Balaban J connectivity index is 2.06. The Labute approximate surface area is 206 Å². The Morgan fingerprint density at radius 1 is 1.09 bits per heavy atom. The third kappa shape index (κ3) is 8.68. The summed E-state index contributed by atoms with van der Waals surface area (Å²) >= 11 is 13.7. The van der Waals surface area contributed by atoms with Crippen molar-refractivity contribution in [3.63, 3.8) is 0 Å². The predicted octanol–water partition coefficient (Wildman–Crippen LogP) is 5.85. The standard InChI is InChI=1S/C25H32Cl2N2O2S/c1-4-23(25(31)28-15-18(2)3)29(13-12-19-8-6-5-7-9-19)24(30)17-32-16-20-10-11-21(26)14-22(20)27/h5-11,14,18,23H,4,12-13,15-17H2,1-3H3,(H,28,31)/t23-/m0/s1. The normalized spacial score (nSPS) is 11.9. The molecule has 1 atom stereocenters. The van der Waals surface area contributed by atoms with Crippen LogP contribution in [0.2, 0.25) is 10.0 Å². The lowest BCUT2D eigenvalue weighted by Gasteiger charge is -2.31. The maximum absolute atomic E-state index is 13.2. The fourth-order valence-corrected chi connectivity index (χ4v) is 4.76. The van der Waals surface area contributed by atoms with Gasteiger partial charge in [0.15, 0.2) is 0 Å². The van der Waals surface area contributed by atoms with Gasteiger partial charge in [0.25, 0.3) is 0 Å².